The lowest BCUT2D eigenvalue weighted by Gasteiger charge is -2.20. The molecule has 2 N–H and O–H groups in total. The van der Waals surface area contributed by atoms with Crippen LogP contribution in [-0.4, -0.2) is 58.7 Å². The van der Waals surface area contributed by atoms with Crippen LogP contribution in [-0.2, 0) is 11.3 Å². The number of carbonyl (C=O) groups is 1. The molecule has 3 aromatic heterocycles. The van der Waals surface area contributed by atoms with Gasteiger partial charge in [-0.15, -0.1) is 10.2 Å². The number of benzene rings is 2. The minimum Gasteiger partial charge on any atom is -0.415 e. The fraction of sp³-hybridized carbons (Fsp3) is 0.290. The molecule has 226 valence electrons. The van der Waals surface area contributed by atoms with Crippen LogP contribution in [0.5, 0.6) is 0 Å². The van der Waals surface area contributed by atoms with Crippen LogP contribution in [0.3, 0.4) is 0 Å². The Hall–Kier alpha value is -4.71. The first-order valence-corrected chi connectivity index (χ1v) is 13.8. The number of rotatable bonds is 7. The minimum atomic E-state index is -2.85. The molecule has 0 aliphatic carbocycles. The van der Waals surface area contributed by atoms with Crippen molar-refractivity contribution in [2.24, 2.45) is 0 Å². The summed E-state index contributed by atoms with van der Waals surface area (Å²) in [4.78, 5) is 22.5. The van der Waals surface area contributed by atoms with Gasteiger partial charge in [0.2, 0.25) is 12.3 Å². The summed E-state index contributed by atoms with van der Waals surface area (Å²) in [7, 11) is 3.83. The molecule has 1 fully saturated rings. The maximum absolute atomic E-state index is 13.6. The number of H-pyrrole nitrogens is 1. The van der Waals surface area contributed by atoms with E-state index >= 15 is 0 Å². The van der Waals surface area contributed by atoms with Gasteiger partial charge in [0, 0.05) is 30.3 Å². The van der Waals surface area contributed by atoms with Gasteiger partial charge < -0.3 is 24.5 Å². The number of aryl methyl sites for hydroxylation is 1. The van der Waals surface area contributed by atoms with Crippen molar-refractivity contribution < 1.29 is 22.4 Å². The molecule has 4 heterocycles. The average Bonchev–Trinajstić information content (AvgIpc) is 3.80. The first-order valence-electron chi connectivity index (χ1n) is 13.8. The van der Waals surface area contributed by atoms with E-state index in [1.165, 1.54) is 71.7 Å². The maximum atomic E-state index is 13.6. The fourth-order valence-electron chi connectivity index (χ4n) is 4.51. The first kappa shape index (κ1) is 31.2. The van der Waals surface area contributed by atoms with E-state index in [1.54, 1.807) is 19.2 Å². The number of nitrogens with one attached hydrogen (secondary N) is 2. The van der Waals surface area contributed by atoms with E-state index < -0.39 is 18.1 Å². The highest BCUT2D eigenvalue weighted by molar-refractivity contribution is 5.83. The predicted molar refractivity (Wildman–Crippen MR) is 160 cm³/mol. The molecule has 9 nitrogen and oxygen atoms in total. The third-order valence-corrected chi connectivity index (χ3v) is 6.84. The summed E-state index contributed by atoms with van der Waals surface area (Å²) < 4.78 is 43.4. The van der Waals surface area contributed by atoms with Gasteiger partial charge in [-0.2, -0.15) is 8.78 Å². The number of aromatic amines is 1. The molecule has 0 unspecified atom stereocenters. The van der Waals surface area contributed by atoms with Crippen LogP contribution in [0.1, 0.15) is 36.4 Å². The first-order chi connectivity index (χ1) is 20.8. The number of aromatic nitrogens is 4. The van der Waals surface area contributed by atoms with Crippen LogP contribution >= 0.6 is 0 Å². The van der Waals surface area contributed by atoms with Crippen molar-refractivity contribution in [3.8, 4) is 11.5 Å². The minimum absolute atomic E-state index is 0.0774. The summed E-state index contributed by atoms with van der Waals surface area (Å²) in [6, 6.07) is 15.5. The number of amides is 1. The number of halogens is 3. The third-order valence-electron chi connectivity index (χ3n) is 6.84. The van der Waals surface area contributed by atoms with Gasteiger partial charge in [0.1, 0.15) is 5.82 Å². The van der Waals surface area contributed by atoms with Crippen LogP contribution in [0.25, 0.3) is 22.4 Å². The largest absolute Gasteiger partial charge is 0.415 e. The van der Waals surface area contributed by atoms with Crippen molar-refractivity contribution in [3.05, 3.63) is 90.0 Å². The molecule has 43 heavy (non-hydrogen) atoms. The highest BCUT2D eigenvalue weighted by Gasteiger charge is 2.18. The molecular formula is C31H34F3N7O2. The Morgan fingerprint density at radius 3 is 2.49 bits per heavy atom. The number of carbonyl (C=O) groups excluding carboxylic acids is 1. The van der Waals surface area contributed by atoms with Crippen LogP contribution in [0.4, 0.5) is 24.5 Å². The zero-order valence-corrected chi connectivity index (χ0v) is 24.2. The van der Waals surface area contributed by atoms with Gasteiger partial charge in [0.05, 0.1) is 29.2 Å². The standard InChI is InChI=1S/C17H14F3N5O2.C9H9N.C5H11N/c1-21-13-5-3-11(18)6-14(13)25(9-26)8-12-4-2-10(7-22-12)16-23-24-17(27-16)15(19)20;1-7-3-2-4-9-8(7)5-6-10-9;1-6-4-2-3-5-6/h2-7,9,15,21H,8H2,1H3;2-6,10H,1H3;2-5H2,1H3. The number of likely N-dealkylation sites (tertiary alicyclic amines) is 1. The monoisotopic (exact) mass is 593 g/mol. The fourth-order valence-corrected chi connectivity index (χ4v) is 4.51. The number of alkyl halides is 2. The summed E-state index contributed by atoms with van der Waals surface area (Å²) in [5, 5.41) is 11.0. The Kier molecular flexibility index (Phi) is 10.9. The zero-order chi connectivity index (χ0) is 30.8. The van der Waals surface area contributed by atoms with Crippen molar-refractivity contribution in [2.45, 2.75) is 32.7 Å². The van der Waals surface area contributed by atoms with Crippen molar-refractivity contribution in [3.63, 3.8) is 0 Å². The molecule has 0 atom stereocenters. The number of fused-ring (bicyclic) bond motifs is 1. The topological polar surface area (TPSA) is 103 Å². The van der Waals surface area contributed by atoms with Crippen LogP contribution < -0.4 is 10.2 Å². The van der Waals surface area contributed by atoms with E-state index in [0.717, 1.165) is 0 Å². The summed E-state index contributed by atoms with van der Waals surface area (Å²) in [6.45, 7) is 4.84. The molecule has 12 heteroatoms. The summed E-state index contributed by atoms with van der Waals surface area (Å²) in [5.41, 5.74) is 4.34. The third kappa shape index (κ3) is 8.41. The second-order valence-corrected chi connectivity index (χ2v) is 9.95. The molecule has 2 aromatic carbocycles. The second kappa shape index (κ2) is 15.0. The quantitative estimate of drug-likeness (QED) is 0.205. The van der Waals surface area contributed by atoms with Gasteiger partial charge in [0.25, 0.3) is 5.89 Å². The Labute approximate surface area is 247 Å². The molecule has 0 bridgehead atoms. The second-order valence-electron chi connectivity index (χ2n) is 9.95. The van der Waals surface area contributed by atoms with Gasteiger partial charge in [-0.05, 0) is 87.9 Å². The summed E-state index contributed by atoms with van der Waals surface area (Å²) >= 11 is 0. The van der Waals surface area contributed by atoms with Crippen LogP contribution in [0.2, 0.25) is 0 Å². The Morgan fingerprint density at radius 1 is 1.12 bits per heavy atom. The maximum Gasteiger partial charge on any atom is 0.314 e. The lowest BCUT2D eigenvalue weighted by molar-refractivity contribution is -0.107. The van der Waals surface area contributed by atoms with Crippen molar-refractivity contribution in [2.75, 3.05) is 37.4 Å². The summed E-state index contributed by atoms with van der Waals surface area (Å²) in [5.74, 6) is -1.34. The van der Waals surface area contributed by atoms with E-state index in [2.05, 4.69) is 68.6 Å². The Morgan fingerprint density at radius 2 is 1.91 bits per heavy atom. The van der Waals surface area contributed by atoms with E-state index in [1.807, 2.05) is 6.20 Å². The molecule has 0 saturated carbocycles. The van der Waals surface area contributed by atoms with E-state index in [9.17, 15) is 18.0 Å². The molecule has 1 aliphatic rings. The van der Waals surface area contributed by atoms with Crippen molar-refractivity contribution in [1.82, 2.24) is 25.1 Å². The summed E-state index contributed by atoms with van der Waals surface area (Å²) in [6.07, 6.45) is 3.88. The molecule has 1 aliphatic heterocycles. The van der Waals surface area contributed by atoms with Gasteiger partial charge in [-0.25, -0.2) is 4.39 Å². The predicted octanol–water partition coefficient (Wildman–Crippen LogP) is 6.60. The molecule has 1 amide bonds. The molecule has 6 rings (SSSR count). The van der Waals surface area contributed by atoms with Crippen LogP contribution in [0, 0.1) is 12.7 Å². The van der Waals surface area contributed by atoms with Gasteiger partial charge in [0.15, 0.2) is 0 Å². The van der Waals surface area contributed by atoms with Crippen molar-refractivity contribution in [1.29, 1.82) is 0 Å². The number of pyridine rings is 1. The lowest BCUT2D eigenvalue weighted by Crippen LogP contribution is -2.22. The smallest absolute Gasteiger partial charge is 0.314 e. The average molecular weight is 594 g/mol. The number of hydrogen-bond donors (Lipinski definition) is 2. The number of nitrogens with zero attached hydrogens (tertiary/aromatic N) is 5. The number of hydrogen-bond acceptors (Lipinski definition) is 7. The van der Waals surface area contributed by atoms with Gasteiger partial charge >= 0.3 is 6.43 Å². The highest BCUT2D eigenvalue weighted by Crippen LogP contribution is 2.27. The van der Waals surface area contributed by atoms with E-state index in [-0.39, 0.29) is 12.4 Å². The zero-order valence-electron chi connectivity index (χ0n) is 24.2. The normalized spacial score (nSPS) is 12.8. The molecule has 1 saturated heterocycles. The van der Waals surface area contributed by atoms with E-state index in [4.69, 9.17) is 4.42 Å². The Balaban J connectivity index is 0.000000212. The molecule has 0 radical (unpaired) electrons. The highest BCUT2D eigenvalue weighted by atomic mass is 19.3. The van der Waals surface area contributed by atoms with Crippen molar-refractivity contribution >= 4 is 28.7 Å². The molecule has 5 aromatic rings. The molecule has 0 spiro atoms. The van der Waals surface area contributed by atoms with Gasteiger partial charge in [-0.1, -0.05) is 12.1 Å². The van der Waals surface area contributed by atoms with Gasteiger partial charge in [-0.3, -0.25) is 9.78 Å². The Bertz CT molecular complexity index is 1600. The number of anilines is 2. The lowest BCUT2D eigenvalue weighted by atomic mass is 10.1. The molecular weight excluding hydrogens is 559 g/mol. The SMILES string of the molecule is CN1CCCC1.CNc1ccc(F)cc1N(C=O)Cc1ccc(-c2nnc(C(F)F)o2)cn1.Cc1cccc2[nH]ccc12. The van der Waals surface area contributed by atoms with Crippen LogP contribution in [0.15, 0.2) is 71.4 Å². The van der Waals surface area contributed by atoms with E-state index in [0.29, 0.717) is 29.0 Å².